The van der Waals surface area contributed by atoms with Crippen LogP contribution >= 0.6 is 0 Å². The maximum atomic E-state index is 14.9. The highest BCUT2D eigenvalue weighted by Gasteiger charge is 2.17. The van der Waals surface area contributed by atoms with Crippen LogP contribution in [0.3, 0.4) is 0 Å². The lowest BCUT2D eigenvalue weighted by molar-refractivity contribution is 0.640. The van der Waals surface area contributed by atoms with Crippen LogP contribution < -0.4 is 0 Å². The molecule has 33 heavy (non-hydrogen) atoms. The average molecular weight is 426 g/mol. The maximum Gasteiger partial charge on any atom is 0.133 e. The van der Waals surface area contributed by atoms with Crippen molar-refractivity contribution in [3.05, 3.63) is 121 Å². The van der Waals surface area contributed by atoms with Gasteiger partial charge in [0.15, 0.2) is 0 Å². The summed E-state index contributed by atoms with van der Waals surface area (Å²) in [5, 5.41) is 3.97. The van der Waals surface area contributed by atoms with Crippen molar-refractivity contribution in [3.63, 3.8) is 0 Å². The molecule has 0 aliphatic heterocycles. The number of hydrogen-bond donors (Lipinski definition) is 0. The molecule has 0 aliphatic carbocycles. The summed E-state index contributed by atoms with van der Waals surface area (Å²) >= 11 is 0. The van der Waals surface area contributed by atoms with Gasteiger partial charge < -0.3 is 9.13 Å². The van der Waals surface area contributed by atoms with Gasteiger partial charge in [-0.25, -0.2) is 4.39 Å². The zero-order chi connectivity index (χ0) is 21.9. The largest absolute Gasteiger partial charge is 0.309 e. The van der Waals surface area contributed by atoms with Gasteiger partial charge in [0.25, 0.3) is 0 Å². The van der Waals surface area contributed by atoms with Crippen LogP contribution in [0, 0.1) is 5.82 Å². The van der Waals surface area contributed by atoms with E-state index in [2.05, 4.69) is 81.9 Å². The monoisotopic (exact) mass is 426 g/mol. The van der Waals surface area contributed by atoms with Gasteiger partial charge in [0.1, 0.15) is 5.82 Å². The van der Waals surface area contributed by atoms with E-state index in [1.54, 1.807) is 6.07 Å². The van der Waals surface area contributed by atoms with Crippen LogP contribution in [0.1, 0.15) is 0 Å². The third-order valence-electron chi connectivity index (χ3n) is 6.58. The first-order chi connectivity index (χ1) is 16.3. The Morgan fingerprint density at radius 1 is 0.424 bits per heavy atom. The molecule has 2 nitrogen and oxygen atoms in total. The van der Waals surface area contributed by atoms with Crippen LogP contribution in [0.15, 0.2) is 115 Å². The van der Waals surface area contributed by atoms with E-state index >= 15 is 0 Å². The van der Waals surface area contributed by atoms with Crippen molar-refractivity contribution in [2.75, 3.05) is 0 Å². The van der Waals surface area contributed by atoms with Gasteiger partial charge in [0.05, 0.1) is 22.1 Å². The molecule has 0 saturated carbocycles. The molecule has 0 bridgehead atoms. The number of aromatic nitrogens is 2. The molecular formula is C30H19FN2. The normalized spacial score (nSPS) is 11.8. The van der Waals surface area contributed by atoms with Crippen molar-refractivity contribution in [2.45, 2.75) is 0 Å². The highest BCUT2D eigenvalue weighted by Crippen LogP contribution is 2.37. The Bertz CT molecular complexity index is 1820. The number of para-hydroxylation sites is 3. The lowest BCUT2D eigenvalue weighted by atomic mass is 10.1. The summed E-state index contributed by atoms with van der Waals surface area (Å²) in [6, 6.07) is 38.8. The van der Waals surface area contributed by atoms with Gasteiger partial charge in [-0.1, -0.05) is 60.7 Å². The summed E-state index contributed by atoms with van der Waals surface area (Å²) in [4.78, 5) is 0. The lowest BCUT2D eigenvalue weighted by Crippen LogP contribution is -1.95. The van der Waals surface area contributed by atoms with Crippen molar-refractivity contribution < 1.29 is 4.39 Å². The van der Waals surface area contributed by atoms with Gasteiger partial charge >= 0.3 is 0 Å². The molecule has 0 atom stereocenters. The minimum absolute atomic E-state index is 0.191. The van der Waals surface area contributed by atoms with Crippen molar-refractivity contribution in [1.29, 1.82) is 0 Å². The number of hydrogen-bond acceptors (Lipinski definition) is 0. The summed E-state index contributed by atoms with van der Waals surface area (Å²) < 4.78 is 19.4. The lowest BCUT2D eigenvalue weighted by Gasteiger charge is -2.10. The molecule has 2 heterocycles. The molecule has 156 valence electrons. The Balaban J connectivity index is 1.60. The highest BCUT2D eigenvalue weighted by molar-refractivity contribution is 6.12. The van der Waals surface area contributed by atoms with E-state index in [0.717, 1.165) is 33.3 Å². The molecule has 0 aliphatic rings. The Hall–Kier alpha value is -4.37. The van der Waals surface area contributed by atoms with E-state index in [-0.39, 0.29) is 5.82 Å². The van der Waals surface area contributed by atoms with Gasteiger partial charge in [-0.3, -0.25) is 0 Å². The van der Waals surface area contributed by atoms with E-state index in [0.29, 0.717) is 5.39 Å². The Morgan fingerprint density at radius 3 is 1.85 bits per heavy atom. The summed E-state index contributed by atoms with van der Waals surface area (Å²) in [6.45, 7) is 0. The third kappa shape index (κ3) is 2.53. The van der Waals surface area contributed by atoms with Crippen LogP contribution in [0.2, 0.25) is 0 Å². The summed E-state index contributed by atoms with van der Waals surface area (Å²) in [6.07, 6.45) is 0. The molecule has 0 radical (unpaired) electrons. The number of nitrogens with zero attached hydrogens (tertiary/aromatic N) is 2. The predicted molar refractivity (Wildman–Crippen MR) is 135 cm³/mol. The zero-order valence-corrected chi connectivity index (χ0v) is 17.7. The fraction of sp³-hybridized carbons (Fsp3) is 0. The van der Waals surface area contributed by atoms with Crippen LogP contribution in [-0.2, 0) is 0 Å². The molecule has 5 aromatic carbocycles. The quantitative estimate of drug-likeness (QED) is 0.265. The van der Waals surface area contributed by atoms with Gasteiger partial charge in [-0.2, -0.15) is 0 Å². The first-order valence-corrected chi connectivity index (χ1v) is 11.1. The zero-order valence-electron chi connectivity index (χ0n) is 17.7. The van der Waals surface area contributed by atoms with Gasteiger partial charge in [0, 0.05) is 32.9 Å². The van der Waals surface area contributed by atoms with Crippen molar-refractivity contribution in [3.8, 4) is 11.4 Å². The van der Waals surface area contributed by atoms with Crippen molar-refractivity contribution in [1.82, 2.24) is 9.13 Å². The molecule has 0 fully saturated rings. The SMILES string of the molecule is Fc1cccc2c1c1ccccc1n2-c1ccc2c(c1)c1ccccc1n2-c1ccccc1. The molecule has 7 rings (SSSR count). The van der Waals surface area contributed by atoms with E-state index < -0.39 is 0 Å². The minimum Gasteiger partial charge on any atom is -0.309 e. The molecule has 0 unspecified atom stereocenters. The van der Waals surface area contributed by atoms with Gasteiger partial charge in [-0.05, 0) is 54.6 Å². The van der Waals surface area contributed by atoms with E-state index in [4.69, 9.17) is 0 Å². The van der Waals surface area contributed by atoms with Crippen molar-refractivity contribution in [2.24, 2.45) is 0 Å². The van der Waals surface area contributed by atoms with Crippen LogP contribution in [0.25, 0.3) is 55.0 Å². The fourth-order valence-corrected chi connectivity index (χ4v) is 5.21. The molecule has 0 amide bonds. The first-order valence-electron chi connectivity index (χ1n) is 11.1. The second-order valence-electron chi connectivity index (χ2n) is 8.38. The van der Waals surface area contributed by atoms with Crippen LogP contribution in [0.5, 0.6) is 0 Å². The van der Waals surface area contributed by atoms with Crippen molar-refractivity contribution >= 4 is 43.6 Å². The van der Waals surface area contributed by atoms with Crippen LogP contribution in [0.4, 0.5) is 4.39 Å². The molecule has 0 N–H and O–H groups in total. The third-order valence-corrected chi connectivity index (χ3v) is 6.58. The molecule has 3 heteroatoms. The molecular weight excluding hydrogens is 407 g/mol. The average Bonchev–Trinajstić information content (AvgIpc) is 3.38. The van der Waals surface area contributed by atoms with Crippen LogP contribution in [-0.4, -0.2) is 9.13 Å². The number of rotatable bonds is 2. The highest BCUT2D eigenvalue weighted by atomic mass is 19.1. The molecule has 0 saturated heterocycles. The van der Waals surface area contributed by atoms with Gasteiger partial charge in [-0.15, -0.1) is 0 Å². The smallest absolute Gasteiger partial charge is 0.133 e. The predicted octanol–water partition coefficient (Wildman–Crippen LogP) is 8.02. The van der Waals surface area contributed by atoms with E-state index in [1.165, 1.54) is 22.4 Å². The Morgan fingerprint density at radius 2 is 1.03 bits per heavy atom. The molecule has 2 aromatic heterocycles. The number of benzene rings is 5. The summed E-state index contributed by atoms with van der Waals surface area (Å²) in [7, 11) is 0. The first kappa shape index (κ1) is 18.2. The molecule has 7 aromatic rings. The molecule has 0 spiro atoms. The second-order valence-corrected chi connectivity index (χ2v) is 8.38. The maximum absolute atomic E-state index is 14.9. The Labute approximate surface area is 189 Å². The standard InChI is InChI=1S/C30H19FN2/c31-25-13-8-16-29-30(25)23-12-5-7-15-27(23)33(29)21-17-18-28-24(19-21)22-11-4-6-14-26(22)32(28)20-9-2-1-3-10-20/h1-19H. The Kier molecular flexibility index (Phi) is 3.76. The fourth-order valence-electron chi connectivity index (χ4n) is 5.21. The second kappa shape index (κ2) is 6.81. The van der Waals surface area contributed by atoms with Gasteiger partial charge in [0.2, 0.25) is 0 Å². The number of halogens is 1. The van der Waals surface area contributed by atoms with E-state index in [1.807, 2.05) is 30.3 Å². The number of fused-ring (bicyclic) bond motifs is 6. The minimum atomic E-state index is -0.191. The summed E-state index contributed by atoms with van der Waals surface area (Å²) in [5.74, 6) is -0.191. The summed E-state index contributed by atoms with van der Waals surface area (Å²) in [5.41, 5.74) is 6.36. The topological polar surface area (TPSA) is 9.86 Å². The van der Waals surface area contributed by atoms with E-state index in [9.17, 15) is 4.39 Å².